The van der Waals surface area contributed by atoms with Crippen LogP contribution in [0.15, 0.2) is 16.7 Å². The molecular formula is C10H8N2O3. The Morgan fingerprint density at radius 1 is 1.47 bits per heavy atom. The number of nitrogens with zero attached hydrogens (tertiary/aromatic N) is 2. The molecule has 5 nitrogen and oxygen atoms in total. The van der Waals surface area contributed by atoms with Crippen molar-refractivity contribution in [1.29, 1.82) is 0 Å². The number of fused-ring (bicyclic) bond motifs is 1. The molecule has 2 aromatic heterocycles. The number of carboxylic acid groups (broad SMARTS) is 1. The highest BCUT2D eigenvalue weighted by molar-refractivity contribution is 5.89. The fourth-order valence-corrected chi connectivity index (χ4v) is 1.62. The fraction of sp³-hybridized carbons (Fsp3) is 0.300. The van der Waals surface area contributed by atoms with Crippen LogP contribution in [0, 0.1) is 0 Å². The van der Waals surface area contributed by atoms with Crippen LogP contribution in [-0.2, 0) is 0 Å². The van der Waals surface area contributed by atoms with Gasteiger partial charge in [-0.2, -0.15) is 0 Å². The van der Waals surface area contributed by atoms with Crippen LogP contribution in [-0.4, -0.2) is 21.2 Å². The van der Waals surface area contributed by atoms with Gasteiger partial charge in [0.25, 0.3) is 5.71 Å². The molecule has 0 aliphatic heterocycles. The van der Waals surface area contributed by atoms with Crippen molar-refractivity contribution in [3.05, 3.63) is 23.5 Å². The summed E-state index contributed by atoms with van der Waals surface area (Å²) in [6.07, 6.45) is 2.25. The van der Waals surface area contributed by atoms with Crippen molar-refractivity contribution < 1.29 is 14.4 Å². The number of aromatic nitrogens is 2. The first kappa shape index (κ1) is 8.40. The maximum absolute atomic E-state index is 10.7. The Balaban J connectivity index is 2.17. The third kappa shape index (κ3) is 1.27. The molecule has 1 fully saturated rings. The van der Waals surface area contributed by atoms with Gasteiger partial charge in [-0.1, -0.05) is 5.16 Å². The minimum absolute atomic E-state index is 0.0130. The van der Waals surface area contributed by atoms with Crippen LogP contribution in [0.2, 0.25) is 0 Å². The van der Waals surface area contributed by atoms with Crippen LogP contribution >= 0.6 is 0 Å². The monoisotopic (exact) mass is 204 g/mol. The lowest BCUT2D eigenvalue weighted by molar-refractivity contribution is 0.0690. The average Bonchev–Trinajstić information content (AvgIpc) is 2.98. The van der Waals surface area contributed by atoms with E-state index in [0.29, 0.717) is 11.6 Å². The van der Waals surface area contributed by atoms with Gasteiger partial charge in [0.1, 0.15) is 0 Å². The van der Waals surface area contributed by atoms with E-state index in [0.717, 1.165) is 23.9 Å². The van der Waals surface area contributed by atoms with Gasteiger partial charge in [0.15, 0.2) is 5.69 Å². The molecule has 2 aromatic rings. The topological polar surface area (TPSA) is 76.2 Å². The average molecular weight is 204 g/mol. The molecule has 1 N–H and O–H groups in total. The molecule has 5 heteroatoms. The summed E-state index contributed by atoms with van der Waals surface area (Å²) in [6, 6.07) is 3.20. The highest BCUT2D eigenvalue weighted by Crippen LogP contribution is 2.42. The number of hydrogen-bond donors (Lipinski definition) is 1. The second-order valence-electron chi connectivity index (χ2n) is 3.70. The van der Waals surface area contributed by atoms with E-state index in [1.165, 1.54) is 6.07 Å². The summed E-state index contributed by atoms with van der Waals surface area (Å²) < 4.78 is 5.02. The van der Waals surface area contributed by atoms with Gasteiger partial charge in [-0.05, 0) is 25.0 Å². The van der Waals surface area contributed by atoms with E-state index in [9.17, 15) is 4.79 Å². The van der Waals surface area contributed by atoms with Gasteiger partial charge in [-0.3, -0.25) is 0 Å². The normalized spacial score (nSPS) is 15.7. The predicted octanol–water partition coefficient (Wildman–Crippen LogP) is 1.80. The SMILES string of the molecule is O=C(O)c1ccc2c(C3CC3)noc2n1. The Kier molecular flexibility index (Phi) is 1.56. The smallest absolute Gasteiger partial charge is 0.354 e. The van der Waals surface area contributed by atoms with Crippen molar-refractivity contribution in [2.75, 3.05) is 0 Å². The lowest BCUT2D eigenvalue weighted by Gasteiger charge is -1.92. The molecule has 0 spiro atoms. The van der Waals surface area contributed by atoms with E-state index in [1.807, 2.05) is 0 Å². The van der Waals surface area contributed by atoms with Gasteiger partial charge in [0.2, 0.25) is 0 Å². The first-order chi connectivity index (χ1) is 7.25. The van der Waals surface area contributed by atoms with Crippen molar-refractivity contribution in [2.45, 2.75) is 18.8 Å². The third-order valence-electron chi connectivity index (χ3n) is 2.55. The van der Waals surface area contributed by atoms with Gasteiger partial charge >= 0.3 is 5.97 Å². The Hall–Kier alpha value is -1.91. The maximum atomic E-state index is 10.7. The van der Waals surface area contributed by atoms with Crippen molar-refractivity contribution in [1.82, 2.24) is 10.1 Å². The van der Waals surface area contributed by atoms with Crippen molar-refractivity contribution in [3.8, 4) is 0 Å². The van der Waals surface area contributed by atoms with Gasteiger partial charge in [0.05, 0.1) is 11.1 Å². The van der Waals surface area contributed by atoms with Crippen molar-refractivity contribution in [3.63, 3.8) is 0 Å². The van der Waals surface area contributed by atoms with Gasteiger partial charge in [-0.15, -0.1) is 0 Å². The van der Waals surface area contributed by atoms with Crippen LogP contribution in [0.25, 0.3) is 11.1 Å². The Bertz CT molecular complexity index is 543. The van der Waals surface area contributed by atoms with E-state index in [-0.39, 0.29) is 5.69 Å². The number of pyridine rings is 1. The molecule has 3 rings (SSSR count). The molecule has 0 atom stereocenters. The summed E-state index contributed by atoms with van der Waals surface area (Å²) >= 11 is 0. The minimum Gasteiger partial charge on any atom is -0.477 e. The number of carbonyl (C=O) groups is 1. The molecular weight excluding hydrogens is 196 g/mol. The first-order valence-electron chi connectivity index (χ1n) is 4.75. The molecule has 0 unspecified atom stereocenters. The minimum atomic E-state index is -1.05. The second kappa shape index (κ2) is 2.79. The molecule has 1 saturated carbocycles. The van der Waals surface area contributed by atoms with Gasteiger partial charge in [-0.25, -0.2) is 9.78 Å². The Morgan fingerprint density at radius 2 is 2.27 bits per heavy atom. The maximum Gasteiger partial charge on any atom is 0.354 e. The number of aromatic carboxylic acids is 1. The molecule has 0 radical (unpaired) electrons. The Morgan fingerprint density at radius 3 is 2.93 bits per heavy atom. The summed E-state index contributed by atoms with van der Waals surface area (Å²) in [5.41, 5.74) is 1.22. The van der Waals surface area contributed by atoms with Crippen LogP contribution in [0.4, 0.5) is 0 Å². The molecule has 0 saturated heterocycles. The van der Waals surface area contributed by atoms with E-state index < -0.39 is 5.97 Å². The van der Waals surface area contributed by atoms with Crippen LogP contribution < -0.4 is 0 Å². The summed E-state index contributed by atoms with van der Waals surface area (Å²) in [5, 5.41) is 13.5. The summed E-state index contributed by atoms with van der Waals surface area (Å²) in [5.74, 6) is -0.579. The van der Waals surface area contributed by atoms with E-state index in [4.69, 9.17) is 9.63 Å². The standard InChI is InChI=1S/C10H8N2O3/c13-10(14)7-4-3-6-8(5-1-2-5)12-15-9(6)11-7/h3-5H,1-2H2,(H,13,14). The van der Waals surface area contributed by atoms with Crippen molar-refractivity contribution >= 4 is 17.1 Å². The third-order valence-corrected chi connectivity index (χ3v) is 2.55. The molecule has 76 valence electrons. The number of hydrogen-bond acceptors (Lipinski definition) is 4. The summed E-state index contributed by atoms with van der Waals surface area (Å²) in [4.78, 5) is 14.5. The van der Waals surface area contributed by atoms with Gasteiger partial charge < -0.3 is 9.63 Å². The van der Waals surface area contributed by atoms with Crippen molar-refractivity contribution in [2.24, 2.45) is 0 Å². The molecule has 0 aromatic carbocycles. The largest absolute Gasteiger partial charge is 0.477 e. The summed E-state index contributed by atoms with van der Waals surface area (Å²) in [6.45, 7) is 0. The highest BCUT2D eigenvalue weighted by Gasteiger charge is 2.29. The van der Waals surface area contributed by atoms with E-state index in [1.54, 1.807) is 6.07 Å². The summed E-state index contributed by atoms with van der Waals surface area (Å²) in [7, 11) is 0. The molecule has 0 amide bonds. The second-order valence-corrected chi connectivity index (χ2v) is 3.70. The first-order valence-corrected chi connectivity index (χ1v) is 4.75. The molecule has 15 heavy (non-hydrogen) atoms. The quantitative estimate of drug-likeness (QED) is 0.807. The highest BCUT2D eigenvalue weighted by atomic mass is 16.5. The number of carboxylic acids is 1. The molecule has 1 aliphatic rings. The van der Waals surface area contributed by atoms with Crippen LogP contribution in [0.3, 0.4) is 0 Å². The lowest BCUT2D eigenvalue weighted by atomic mass is 10.2. The Labute approximate surface area is 84.7 Å². The zero-order valence-corrected chi connectivity index (χ0v) is 7.80. The van der Waals surface area contributed by atoms with Crippen LogP contribution in [0.5, 0.6) is 0 Å². The lowest BCUT2D eigenvalue weighted by Crippen LogP contribution is -1.98. The molecule has 2 heterocycles. The van der Waals surface area contributed by atoms with E-state index in [2.05, 4.69) is 10.1 Å². The predicted molar refractivity (Wildman–Crippen MR) is 50.7 cm³/mol. The molecule has 1 aliphatic carbocycles. The van der Waals surface area contributed by atoms with E-state index >= 15 is 0 Å². The fourth-order valence-electron chi connectivity index (χ4n) is 1.62. The van der Waals surface area contributed by atoms with Gasteiger partial charge in [0, 0.05) is 5.92 Å². The van der Waals surface area contributed by atoms with Crippen LogP contribution in [0.1, 0.15) is 34.9 Å². The molecule has 0 bridgehead atoms. The zero-order valence-electron chi connectivity index (χ0n) is 7.80. The zero-order chi connectivity index (χ0) is 10.4. The number of rotatable bonds is 2.